The van der Waals surface area contributed by atoms with Gasteiger partial charge in [-0.1, -0.05) is 0 Å². The van der Waals surface area contributed by atoms with Crippen molar-refractivity contribution in [3.8, 4) is 0 Å². The number of carbonyl (C=O) groups excluding carboxylic acids is 1. The SMILES string of the molecule is COCC(=O)Nc1ccc(C(=O)O)cc1N. The van der Waals surface area contributed by atoms with E-state index < -0.39 is 5.97 Å². The van der Waals surface area contributed by atoms with Gasteiger partial charge in [-0.3, -0.25) is 4.79 Å². The number of rotatable bonds is 4. The van der Waals surface area contributed by atoms with E-state index in [4.69, 9.17) is 10.8 Å². The van der Waals surface area contributed by atoms with Crippen molar-refractivity contribution in [1.29, 1.82) is 0 Å². The molecule has 4 N–H and O–H groups in total. The van der Waals surface area contributed by atoms with Crippen molar-refractivity contribution in [2.24, 2.45) is 0 Å². The minimum absolute atomic E-state index is 0.0715. The van der Waals surface area contributed by atoms with Crippen LogP contribution in [0, 0.1) is 0 Å². The molecule has 6 nitrogen and oxygen atoms in total. The van der Waals surface area contributed by atoms with Crippen LogP contribution in [0.1, 0.15) is 10.4 Å². The Morgan fingerprint density at radius 3 is 2.69 bits per heavy atom. The number of anilines is 2. The van der Waals surface area contributed by atoms with Crippen molar-refractivity contribution in [3.63, 3.8) is 0 Å². The maximum atomic E-state index is 11.2. The number of methoxy groups -OCH3 is 1. The summed E-state index contributed by atoms with van der Waals surface area (Å²) < 4.78 is 4.63. The van der Waals surface area contributed by atoms with Gasteiger partial charge < -0.3 is 20.9 Å². The predicted octanol–water partition coefficient (Wildman–Crippen LogP) is 0.552. The van der Waals surface area contributed by atoms with Crippen LogP contribution in [-0.2, 0) is 9.53 Å². The normalized spacial score (nSPS) is 9.81. The van der Waals surface area contributed by atoms with Crippen molar-refractivity contribution in [1.82, 2.24) is 0 Å². The first-order valence-corrected chi connectivity index (χ1v) is 4.46. The maximum Gasteiger partial charge on any atom is 0.335 e. The second-order valence-electron chi connectivity index (χ2n) is 3.09. The Kier molecular flexibility index (Phi) is 3.84. The van der Waals surface area contributed by atoms with Gasteiger partial charge >= 0.3 is 5.97 Å². The van der Waals surface area contributed by atoms with Crippen LogP contribution in [0.15, 0.2) is 18.2 Å². The summed E-state index contributed by atoms with van der Waals surface area (Å²) in [7, 11) is 1.40. The highest BCUT2D eigenvalue weighted by atomic mass is 16.5. The topological polar surface area (TPSA) is 102 Å². The molecule has 0 bridgehead atoms. The number of hydrogen-bond acceptors (Lipinski definition) is 4. The number of carboxylic acid groups (broad SMARTS) is 1. The van der Waals surface area contributed by atoms with Crippen LogP contribution >= 0.6 is 0 Å². The lowest BCUT2D eigenvalue weighted by Gasteiger charge is -2.08. The van der Waals surface area contributed by atoms with E-state index in [-0.39, 0.29) is 23.8 Å². The number of nitrogen functional groups attached to an aromatic ring is 1. The molecule has 16 heavy (non-hydrogen) atoms. The van der Waals surface area contributed by atoms with E-state index in [0.717, 1.165) is 0 Å². The summed E-state index contributed by atoms with van der Waals surface area (Å²) in [6.45, 7) is -0.0832. The molecule has 0 radical (unpaired) electrons. The fourth-order valence-corrected chi connectivity index (χ4v) is 1.13. The van der Waals surface area contributed by atoms with Crippen molar-refractivity contribution in [3.05, 3.63) is 23.8 Å². The van der Waals surface area contributed by atoms with Crippen LogP contribution in [0.2, 0.25) is 0 Å². The fraction of sp³-hybridized carbons (Fsp3) is 0.200. The van der Waals surface area contributed by atoms with Gasteiger partial charge in [0, 0.05) is 7.11 Å². The molecule has 0 saturated carbocycles. The number of aromatic carboxylic acids is 1. The highest BCUT2D eigenvalue weighted by molar-refractivity contribution is 5.96. The predicted molar refractivity (Wildman–Crippen MR) is 58.3 cm³/mol. The zero-order chi connectivity index (χ0) is 12.1. The van der Waals surface area contributed by atoms with Crippen molar-refractivity contribution < 1.29 is 19.4 Å². The van der Waals surface area contributed by atoms with Gasteiger partial charge in [0.15, 0.2) is 0 Å². The summed E-state index contributed by atoms with van der Waals surface area (Å²) in [5, 5.41) is 11.2. The molecule has 1 rings (SSSR count). The molecular weight excluding hydrogens is 212 g/mol. The first kappa shape index (κ1) is 12.0. The van der Waals surface area contributed by atoms with Crippen LogP contribution in [0.4, 0.5) is 11.4 Å². The van der Waals surface area contributed by atoms with Crippen LogP contribution in [-0.4, -0.2) is 30.7 Å². The van der Waals surface area contributed by atoms with E-state index in [1.165, 1.54) is 25.3 Å². The molecule has 0 fully saturated rings. The molecule has 0 spiro atoms. The molecule has 86 valence electrons. The van der Waals surface area contributed by atoms with Crippen LogP contribution < -0.4 is 11.1 Å². The van der Waals surface area contributed by atoms with Crippen LogP contribution in [0.5, 0.6) is 0 Å². The smallest absolute Gasteiger partial charge is 0.335 e. The molecule has 0 aliphatic carbocycles. The second kappa shape index (κ2) is 5.13. The summed E-state index contributed by atoms with van der Waals surface area (Å²) in [5.41, 5.74) is 6.22. The second-order valence-corrected chi connectivity index (χ2v) is 3.09. The van der Waals surface area contributed by atoms with Gasteiger partial charge in [-0.2, -0.15) is 0 Å². The molecular formula is C10H12N2O4. The van der Waals surface area contributed by atoms with Crippen LogP contribution in [0.25, 0.3) is 0 Å². The van der Waals surface area contributed by atoms with Crippen LogP contribution in [0.3, 0.4) is 0 Å². The quantitative estimate of drug-likeness (QED) is 0.648. The molecule has 0 aliphatic heterocycles. The number of nitrogens with two attached hydrogens (primary N) is 1. The molecule has 0 saturated heterocycles. The van der Waals surface area contributed by atoms with Gasteiger partial charge in [-0.05, 0) is 18.2 Å². The van der Waals surface area contributed by atoms with E-state index in [9.17, 15) is 9.59 Å². The number of benzene rings is 1. The molecule has 0 atom stereocenters. The minimum atomic E-state index is -1.07. The fourth-order valence-electron chi connectivity index (χ4n) is 1.13. The standard InChI is InChI=1S/C10H12N2O4/c1-16-5-9(13)12-8-3-2-6(10(14)15)4-7(8)11/h2-4H,5,11H2,1H3,(H,12,13)(H,14,15). The number of amides is 1. The summed E-state index contributed by atoms with van der Waals surface area (Å²) in [6.07, 6.45) is 0. The molecule has 1 amide bonds. The van der Waals surface area contributed by atoms with Gasteiger partial charge in [-0.15, -0.1) is 0 Å². The zero-order valence-electron chi connectivity index (χ0n) is 8.69. The Balaban J connectivity index is 2.83. The zero-order valence-corrected chi connectivity index (χ0v) is 8.69. The first-order valence-electron chi connectivity index (χ1n) is 4.46. The number of hydrogen-bond donors (Lipinski definition) is 3. The van der Waals surface area contributed by atoms with Gasteiger partial charge in [-0.25, -0.2) is 4.79 Å². The Morgan fingerprint density at radius 2 is 2.19 bits per heavy atom. The van der Waals surface area contributed by atoms with E-state index in [2.05, 4.69) is 10.1 Å². The van der Waals surface area contributed by atoms with Gasteiger partial charge in [0.25, 0.3) is 0 Å². The summed E-state index contributed by atoms with van der Waals surface area (Å²) >= 11 is 0. The summed E-state index contributed by atoms with van der Waals surface area (Å²) in [5.74, 6) is -1.42. The average molecular weight is 224 g/mol. The molecule has 6 heteroatoms. The minimum Gasteiger partial charge on any atom is -0.478 e. The molecule has 0 aliphatic rings. The van der Waals surface area contributed by atoms with Gasteiger partial charge in [0.2, 0.25) is 5.91 Å². The third-order valence-corrected chi connectivity index (χ3v) is 1.85. The van der Waals surface area contributed by atoms with Gasteiger partial charge in [0.05, 0.1) is 16.9 Å². The van der Waals surface area contributed by atoms with E-state index in [0.29, 0.717) is 5.69 Å². The highest BCUT2D eigenvalue weighted by Gasteiger charge is 2.08. The molecule has 0 unspecified atom stereocenters. The summed E-state index contributed by atoms with van der Waals surface area (Å²) in [6, 6.07) is 4.08. The monoisotopic (exact) mass is 224 g/mol. The Labute approximate surface area is 92.0 Å². The lowest BCUT2D eigenvalue weighted by atomic mass is 10.2. The van der Waals surface area contributed by atoms with E-state index >= 15 is 0 Å². The molecule has 0 aromatic heterocycles. The molecule has 0 heterocycles. The van der Waals surface area contributed by atoms with Gasteiger partial charge in [0.1, 0.15) is 6.61 Å². The Bertz CT molecular complexity index is 417. The Morgan fingerprint density at radius 1 is 1.50 bits per heavy atom. The van der Waals surface area contributed by atoms with Crippen molar-refractivity contribution >= 4 is 23.3 Å². The summed E-state index contributed by atoms with van der Waals surface area (Å²) in [4.78, 5) is 21.8. The van der Waals surface area contributed by atoms with Crippen molar-refractivity contribution in [2.45, 2.75) is 0 Å². The lowest BCUT2D eigenvalue weighted by molar-refractivity contribution is -0.119. The third kappa shape index (κ3) is 2.96. The van der Waals surface area contributed by atoms with E-state index in [1.807, 2.05) is 0 Å². The number of ether oxygens (including phenoxy) is 1. The lowest BCUT2D eigenvalue weighted by Crippen LogP contribution is -2.18. The highest BCUT2D eigenvalue weighted by Crippen LogP contribution is 2.19. The third-order valence-electron chi connectivity index (χ3n) is 1.85. The maximum absolute atomic E-state index is 11.2. The number of carbonyl (C=O) groups is 2. The number of carboxylic acids is 1. The average Bonchev–Trinajstić information content (AvgIpc) is 2.21. The molecule has 1 aromatic rings. The number of nitrogens with one attached hydrogen (secondary N) is 1. The molecule has 1 aromatic carbocycles. The largest absolute Gasteiger partial charge is 0.478 e. The van der Waals surface area contributed by atoms with E-state index in [1.54, 1.807) is 0 Å². The Hall–Kier alpha value is -2.08. The first-order chi connectivity index (χ1) is 7.54. The van der Waals surface area contributed by atoms with Crippen molar-refractivity contribution in [2.75, 3.05) is 24.8 Å².